The monoisotopic (exact) mass is 477 g/mol. The van der Waals surface area contributed by atoms with Crippen molar-refractivity contribution in [3.8, 4) is 11.6 Å². The number of rotatable bonds is 7. The Kier molecular flexibility index (Phi) is 6.46. The molecule has 4 heterocycles. The molecule has 0 amide bonds. The first-order valence-corrected chi connectivity index (χ1v) is 12.5. The maximum Gasteiger partial charge on any atom is 0.218 e. The van der Waals surface area contributed by atoms with Crippen molar-refractivity contribution in [1.82, 2.24) is 25.3 Å². The average molecular weight is 478 g/mol. The second-order valence-electron chi connectivity index (χ2n) is 9.34. The summed E-state index contributed by atoms with van der Waals surface area (Å²) in [5.74, 6) is 2.25. The molecule has 1 saturated carbocycles. The summed E-state index contributed by atoms with van der Waals surface area (Å²) >= 11 is 0. The van der Waals surface area contributed by atoms with Crippen LogP contribution in [0.25, 0.3) is 11.0 Å². The number of hydrogen-bond donors (Lipinski definition) is 2. The summed E-state index contributed by atoms with van der Waals surface area (Å²) in [5, 5.41) is 6.76. The fourth-order valence-corrected chi connectivity index (χ4v) is 4.84. The molecule has 0 atom stereocenters. The molecule has 0 spiro atoms. The van der Waals surface area contributed by atoms with E-state index < -0.39 is 0 Å². The second kappa shape index (κ2) is 10.2. The van der Waals surface area contributed by atoms with Gasteiger partial charge in [-0.2, -0.15) is 0 Å². The van der Waals surface area contributed by atoms with Crippen molar-refractivity contribution in [1.29, 1.82) is 0 Å². The van der Waals surface area contributed by atoms with Crippen molar-refractivity contribution >= 4 is 22.5 Å². The van der Waals surface area contributed by atoms with E-state index in [9.17, 15) is 0 Å². The molecule has 10 nitrogen and oxygen atoms in total. The Balaban J connectivity index is 1.09. The number of morpholine rings is 1. The highest BCUT2D eigenvalue weighted by Gasteiger charge is 2.25. The van der Waals surface area contributed by atoms with Crippen molar-refractivity contribution in [2.24, 2.45) is 0 Å². The molecular formula is C25H31N7O3. The van der Waals surface area contributed by atoms with E-state index >= 15 is 0 Å². The van der Waals surface area contributed by atoms with Crippen LogP contribution in [-0.2, 0) is 4.74 Å². The third-order valence-corrected chi connectivity index (χ3v) is 6.89. The molecule has 35 heavy (non-hydrogen) atoms. The predicted molar refractivity (Wildman–Crippen MR) is 132 cm³/mol. The molecule has 3 fully saturated rings. The van der Waals surface area contributed by atoms with E-state index in [-0.39, 0.29) is 12.2 Å². The molecule has 2 saturated heterocycles. The van der Waals surface area contributed by atoms with Gasteiger partial charge in [0.1, 0.15) is 29.5 Å². The van der Waals surface area contributed by atoms with Crippen LogP contribution in [0.3, 0.4) is 0 Å². The highest BCUT2D eigenvalue weighted by Crippen LogP contribution is 2.33. The summed E-state index contributed by atoms with van der Waals surface area (Å²) in [6.07, 6.45) is 9.30. The SMILES string of the molecule is c1nc(NC2CCC(Oc3cc(N4CCOCC4)cc4nccnc34)CC2)cc(OC2CNC2)n1. The van der Waals surface area contributed by atoms with E-state index in [0.29, 0.717) is 11.9 Å². The van der Waals surface area contributed by atoms with Crippen molar-refractivity contribution in [3.05, 3.63) is 36.9 Å². The summed E-state index contributed by atoms with van der Waals surface area (Å²) in [6, 6.07) is 6.46. The molecule has 6 rings (SSSR count). The summed E-state index contributed by atoms with van der Waals surface area (Å²) in [4.78, 5) is 20.1. The minimum absolute atomic E-state index is 0.147. The molecule has 1 aliphatic carbocycles. The predicted octanol–water partition coefficient (Wildman–Crippen LogP) is 2.41. The van der Waals surface area contributed by atoms with Crippen LogP contribution in [0.1, 0.15) is 25.7 Å². The first-order valence-electron chi connectivity index (χ1n) is 12.5. The number of hydrogen-bond acceptors (Lipinski definition) is 10. The van der Waals surface area contributed by atoms with Gasteiger partial charge in [-0.15, -0.1) is 0 Å². The van der Waals surface area contributed by atoms with Gasteiger partial charge in [-0.05, 0) is 31.7 Å². The Bertz CT molecular complexity index is 1140. The smallest absolute Gasteiger partial charge is 0.218 e. The van der Waals surface area contributed by atoms with Gasteiger partial charge >= 0.3 is 0 Å². The van der Waals surface area contributed by atoms with Crippen molar-refractivity contribution in [3.63, 3.8) is 0 Å². The lowest BCUT2D eigenvalue weighted by molar-refractivity contribution is 0.122. The number of anilines is 2. The van der Waals surface area contributed by atoms with Gasteiger partial charge in [-0.1, -0.05) is 0 Å². The summed E-state index contributed by atoms with van der Waals surface area (Å²) < 4.78 is 17.9. The first-order chi connectivity index (χ1) is 17.3. The van der Waals surface area contributed by atoms with Crippen LogP contribution in [0, 0.1) is 0 Å². The van der Waals surface area contributed by atoms with Crippen LogP contribution in [-0.4, -0.2) is 77.6 Å². The molecule has 10 heteroatoms. The van der Waals surface area contributed by atoms with Crippen LogP contribution in [0.2, 0.25) is 0 Å². The number of benzene rings is 1. The van der Waals surface area contributed by atoms with Gasteiger partial charge in [-0.3, -0.25) is 4.98 Å². The molecule has 2 aliphatic heterocycles. The van der Waals surface area contributed by atoms with Gasteiger partial charge in [0.15, 0.2) is 0 Å². The normalized spacial score (nSPS) is 23.0. The third kappa shape index (κ3) is 5.23. The average Bonchev–Trinajstić information content (AvgIpc) is 2.88. The molecule has 1 aromatic carbocycles. The van der Waals surface area contributed by atoms with E-state index in [4.69, 9.17) is 14.2 Å². The van der Waals surface area contributed by atoms with E-state index in [0.717, 1.165) is 93.4 Å². The van der Waals surface area contributed by atoms with Gasteiger partial charge in [-0.25, -0.2) is 15.0 Å². The summed E-state index contributed by atoms with van der Waals surface area (Å²) in [7, 11) is 0. The maximum atomic E-state index is 6.54. The van der Waals surface area contributed by atoms with E-state index in [1.165, 1.54) is 0 Å². The largest absolute Gasteiger partial charge is 0.488 e. The Morgan fingerprint density at radius 3 is 2.51 bits per heavy atom. The fraction of sp³-hybridized carbons (Fsp3) is 0.520. The Labute approximate surface area is 204 Å². The second-order valence-corrected chi connectivity index (χ2v) is 9.34. The molecule has 184 valence electrons. The lowest BCUT2D eigenvalue weighted by atomic mass is 9.93. The number of nitrogens with zero attached hydrogens (tertiary/aromatic N) is 5. The third-order valence-electron chi connectivity index (χ3n) is 6.89. The van der Waals surface area contributed by atoms with Gasteiger partial charge in [0, 0.05) is 62.4 Å². The summed E-state index contributed by atoms with van der Waals surface area (Å²) in [6.45, 7) is 4.96. The maximum absolute atomic E-state index is 6.54. The van der Waals surface area contributed by atoms with Crippen molar-refractivity contribution in [2.45, 2.75) is 43.9 Å². The van der Waals surface area contributed by atoms with Crippen LogP contribution in [0.15, 0.2) is 36.9 Å². The molecule has 0 radical (unpaired) electrons. The van der Waals surface area contributed by atoms with Crippen molar-refractivity contribution in [2.75, 3.05) is 49.6 Å². The van der Waals surface area contributed by atoms with Gasteiger partial charge in [0.05, 0.1) is 24.8 Å². The van der Waals surface area contributed by atoms with Gasteiger partial charge < -0.3 is 29.7 Å². The van der Waals surface area contributed by atoms with E-state index in [2.05, 4.69) is 47.6 Å². The standard InChI is InChI=1S/C25H31N7O3/c1-3-19(4-2-17(1)31-23-13-24(30-16-29-23)35-20-14-26-15-20)34-22-12-18(32-7-9-33-10-8-32)11-21-25(22)28-6-5-27-21/h5-6,11-13,16-17,19-20,26H,1-4,7-10,14-15H2,(H,29,30,31). The first kappa shape index (κ1) is 22.2. The molecule has 2 N–H and O–H groups in total. The van der Waals surface area contributed by atoms with E-state index in [1.807, 2.05) is 6.07 Å². The highest BCUT2D eigenvalue weighted by molar-refractivity contribution is 5.85. The fourth-order valence-electron chi connectivity index (χ4n) is 4.84. The minimum atomic E-state index is 0.147. The quantitative estimate of drug-likeness (QED) is 0.527. The topological polar surface area (TPSA) is 107 Å². The van der Waals surface area contributed by atoms with Gasteiger partial charge in [0.25, 0.3) is 0 Å². The van der Waals surface area contributed by atoms with Gasteiger partial charge in [0.2, 0.25) is 5.88 Å². The van der Waals surface area contributed by atoms with Crippen LogP contribution < -0.4 is 25.0 Å². The number of nitrogens with one attached hydrogen (secondary N) is 2. The molecule has 0 unspecified atom stereocenters. The zero-order chi connectivity index (χ0) is 23.5. The van der Waals surface area contributed by atoms with E-state index in [1.54, 1.807) is 18.7 Å². The highest BCUT2D eigenvalue weighted by atomic mass is 16.5. The number of aromatic nitrogens is 4. The Morgan fingerprint density at radius 2 is 1.71 bits per heavy atom. The van der Waals surface area contributed by atoms with Crippen LogP contribution >= 0.6 is 0 Å². The Morgan fingerprint density at radius 1 is 0.886 bits per heavy atom. The number of ether oxygens (including phenoxy) is 3. The zero-order valence-corrected chi connectivity index (χ0v) is 19.7. The summed E-state index contributed by atoms with van der Waals surface area (Å²) in [5.41, 5.74) is 2.80. The lowest BCUT2D eigenvalue weighted by Crippen LogP contribution is -2.50. The lowest BCUT2D eigenvalue weighted by Gasteiger charge is -2.31. The molecule has 0 bridgehead atoms. The number of fused-ring (bicyclic) bond motifs is 1. The van der Waals surface area contributed by atoms with Crippen molar-refractivity contribution < 1.29 is 14.2 Å². The zero-order valence-electron chi connectivity index (χ0n) is 19.7. The minimum Gasteiger partial charge on any atom is -0.488 e. The molecular weight excluding hydrogens is 446 g/mol. The van der Waals surface area contributed by atoms with Crippen LogP contribution in [0.4, 0.5) is 11.5 Å². The molecule has 3 aromatic rings. The molecule has 2 aromatic heterocycles. The molecule has 3 aliphatic rings. The Hall–Kier alpha value is -3.24. The van der Waals surface area contributed by atoms with Crippen LogP contribution in [0.5, 0.6) is 11.6 Å².